The first-order valence-corrected chi connectivity index (χ1v) is 6.60. The summed E-state index contributed by atoms with van der Waals surface area (Å²) in [6.45, 7) is 0. The van der Waals surface area contributed by atoms with Crippen LogP contribution in [0.2, 0.25) is 15.1 Å². The fourth-order valence-electron chi connectivity index (χ4n) is 1.03. The summed E-state index contributed by atoms with van der Waals surface area (Å²) >= 11 is 35.0. The maximum Gasteiger partial charge on any atom is 0.0607 e. The van der Waals surface area contributed by atoms with Crippen LogP contribution in [0.15, 0.2) is 22.2 Å². The summed E-state index contributed by atoms with van der Waals surface area (Å²) in [4.78, 5) is 0. The Bertz CT molecular complexity index is 424. The average Bonchev–Trinajstić information content (AvgIpc) is 2.24. The Kier molecular flexibility index (Phi) is 6.07. The Morgan fingerprint density at radius 1 is 0.875 bits per heavy atom. The van der Waals surface area contributed by atoms with Gasteiger partial charge in [0.05, 0.1) is 15.9 Å². The predicted octanol–water partition coefficient (Wildman–Crippen LogP) is 6.12. The molecule has 0 aliphatic rings. The molecule has 0 atom stereocenters. The van der Waals surface area contributed by atoms with E-state index in [1.807, 2.05) is 0 Å². The van der Waals surface area contributed by atoms with Crippen molar-refractivity contribution in [1.82, 2.24) is 0 Å². The maximum atomic E-state index is 5.99. The monoisotopic (exact) mass is 336 g/mol. The lowest BCUT2D eigenvalue weighted by atomic mass is 10.1. The Labute approximate surface area is 124 Å². The van der Waals surface area contributed by atoms with Crippen LogP contribution >= 0.6 is 69.6 Å². The van der Waals surface area contributed by atoms with Crippen molar-refractivity contribution >= 4 is 69.6 Å². The number of halogens is 6. The molecule has 88 valence electrons. The first kappa shape index (κ1) is 14.8. The van der Waals surface area contributed by atoms with Crippen LogP contribution in [0, 0.1) is 0 Å². The number of rotatable bonds is 3. The van der Waals surface area contributed by atoms with Crippen LogP contribution in [-0.2, 0) is 6.42 Å². The van der Waals surface area contributed by atoms with Crippen molar-refractivity contribution in [2.45, 2.75) is 6.42 Å². The van der Waals surface area contributed by atoms with Crippen LogP contribution in [0.5, 0.6) is 0 Å². The summed E-state index contributed by atoms with van der Waals surface area (Å²) in [7, 11) is 0. The number of hydrogen-bond acceptors (Lipinski definition) is 0. The van der Waals surface area contributed by atoms with Crippen molar-refractivity contribution < 1.29 is 0 Å². The molecule has 0 aliphatic carbocycles. The summed E-state index contributed by atoms with van der Waals surface area (Å²) in [6.07, 6.45) is 0.378. The van der Waals surface area contributed by atoms with Crippen molar-refractivity contribution in [1.29, 1.82) is 0 Å². The molecule has 6 heteroatoms. The molecular formula is C10H6Cl6. The SMILES string of the molecule is ClC/C(Cl)=C(\Cl)Cc1cc(Cl)c(Cl)cc1Cl. The van der Waals surface area contributed by atoms with Gasteiger partial charge in [-0.1, -0.05) is 58.0 Å². The van der Waals surface area contributed by atoms with Crippen LogP contribution < -0.4 is 0 Å². The van der Waals surface area contributed by atoms with Gasteiger partial charge in [-0.05, 0) is 17.7 Å². The second-order valence-electron chi connectivity index (χ2n) is 2.98. The van der Waals surface area contributed by atoms with Gasteiger partial charge < -0.3 is 0 Å². The zero-order valence-corrected chi connectivity index (χ0v) is 12.4. The molecule has 0 unspecified atom stereocenters. The van der Waals surface area contributed by atoms with Crippen molar-refractivity contribution in [2.75, 3.05) is 5.88 Å². The standard InChI is InChI=1S/C10H6Cl6/c11-4-10(16)8(14)2-5-1-7(13)9(15)3-6(5)12/h1,3H,2,4H2/b10-8+. The molecule has 0 fully saturated rings. The molecule has 0 heterocycles. The van der Waals surface area contributed by atoms with Crippen molar-refractivity contribution in [3.8, 4) is 0 Å². The largest absolute Gasteiger partial charge is 0.121 e. The molecule has 0 nitrogen and oxygen atoms in total. The minimum absolute atomic E-state index is 0.166. The van der Waals surface area contributed by atoms with Gasteiger partial charge in [0.1, 0.15) is 0 Å². The van der Waals surface area contributed by atoms with Gasteiger partial charge >= 0.3 is 0 Å². The molecule has 1 aromatic carbocycles. The molecule has 1 aromatic rings. The van der Waals surface area contributed by atoms with Crippen molar-refractivity contribution in [3.63, 3.8) is 0 Å². The van der Waals surface area contributed by atoms with Crippen molar-refractivity contribution in [2.24, 2.45) is 0 Å². The molecule has 0 radical (unpaired) electrons. The summed E-state index contributed by atoms with van der Waals surface area (Å²) in [6, 6.07) is 3.23. The highest BCUT2D eigenvalue weighted by atomic mass is 35.5. The summed E-state index contributed by atoms with van der Waals surface area (Å²) in [5.74, 6) is 0.166. The maximum absolute atomic E-state index is 5.99. The second kappa shape index (κ2) is 6.58. The Morgan fingerprint density at radius 2 is 1.44 bits per heavy atom. The number of benzene rings is 1. The Hall–Kier alpha value is 0.700. The molecule has 0 N–H and O–H groups in total. The first-order valence-electron chi connectivity index (χ1n) is 4.18. The average molecular weight is 339 g/mol. The normalized spacial score (nSPS) is 12.6. The topological polar surface area (TPSA) is 0 Å². The summed E-state index contributed by atoms with van der Waals surface area (Å²) < 4.78 is 0. The van der Waals surface area contributed by atoms with Crippen LogP contribution in [0.4, 0.5) is 0 Å². The fourth-order valence-corrected chi connectivity index (χ4v) is 2.18. The van der Waals surface area contributed by atoms with Crippen LogP contribution in [-0.4, -0.2) is 5.88 Å². The third-order valence-corrected chi connectivity index (χ3v) is 4.14. The van der Waals surface area contributed by atoms with Gasteiger partial charge in [-0.25, -0.2) is 0 Å². The highest BCUT2D eigenvalue weighted by Crippen LogP contribution is 2.31. The molecule has 0 saturated carbocycles. The zero-order valence-electron chi connectivity index (χ0n) is 7.84. The molecule has 0 bridgehead atoms. The molecule has 0 saturated heterocycles. The molecule has 0 amide bonds. The van der Waals surface area contributed by atoms with Gasteiger partial charge in [0, 0.05) is 21.5 Å². The van der Waals surface area contributed by atoms with Crippen molar-refractivity contribution in [3.05, 3.63) is 42.8 Å². The minimum atomic E-state index is 0.166. The Balaban J connectivity index is 3.03. The predicted molar refractivity (Wildman–Crippen MR) is 74.6 cm³/mol. The zero-order chi connectivity index (χ0) is 12.3. The van der Waals surface area contributed by atoms with Gasteiger partial charge in [-0.15, -0.1) is 11.6 Å². The molecule has 0 aromatic heterocycles. The van der Waals surface area contributed by atoms with Gasteiger partial charge in [0.25, 0.3) is 0 Å². The number of alkyl halides is 1. The lowest BCUT2D eigenvalue weighted by Crippen LogP contribution is -1.90. The van der Waals surface area contributed by atoms with Crippen LogP contribution in [0.25, 0.3) is 0 Å². The summed E-state index contributed by atoms with van der Waals surface area (Å²) in [5.41, 5.74) is 0.754. The smallest absolute Gasteiger partial charge is 0.0607 e. The highest BCUT2D eigenvalue weighted by molar-refractivity contribution is 6.44. The molecule has 0 aliphatic heterocycles. The van der Waals surface area contributed by atoms with Gasteiger partial charge in [-0.2, -0.15) is 0 Å². The van der Waals surface area contributed by atoms with E-state index < -0.39 is 0 Å². The van der Waals surface area contributed by atoms with E-state index >= 15 is 0 Å². The third kappa shape index (κ3) is 3.87. The van der Waals surface area contributed by atoms with Gasteiger partial charge in [0.2, 0.25) is 0 Å². The Morgan fingerprint density at radius 3 is 2.00 bits per heavy atom. The number of hydrogen-bond donors (Lipinski definition) is 0. The van der Waals surface area contributed by atoms with E-state index in [4.69, 9.17) is 69.6 Å². The minimum Gasteiger partial charge on any atom is -0.121 e. The van der Waals surface area contributed by atoms with Gasteiger partial charge in [-0.3, -0.25) is 0 Å². The molecule has 1 rings (SSSR count). The summed E-state index contributed by atoms with van der Waals surface area (Å²) in [5, 5.41) is 2.15. The lowest BCUT2D eigenvalue weighted by molar-refractivity contribution is 1.23. The van der Waals surface area contributed by atoms with E-state index in [9.17, 15) is 0 Å². The third-order valence-electron chi connectivity index (χ3n) is 1.85. The first-order chi connectivity index (χ1) is 7.45. The van der Waals surface area contributed by atoms with E-state index in [2.05, 4.69) is 0 Å². The quantitative estimate of drug-likeness (QED) is 0.460. The second-order valence-corrected chi connectivity index (χ2v) is 5.38. The van der Waals surface area contributed by atoms with E-state index in [1.54, 1.807) is 12.1 Å². The molecule has 0 spiro atoms. The lowest BCUT2D eigenvalue weighted by Gasteiger charge is -2.06. The van der Waals surface area contributed by atoms with E-state index in [0.29, 0.717) is 31.6 Å². The highest BCUT2D eigenvalue weighted by Gasteiger charge is 2.09. The van der Waals surface area contributed by atoms with Crippen LogP contribution in [0.3, 0.4) is 0 Å². The molecular weight excluding hydrogens is 333 g/mol. The number of allylic oxidation sites excluding steroid dienone is 2. The van der Waals surface area contributed by atoms with E-state index in [-0.39, 0.29) is 5.88 Å². The van der Waals surface area contributed by atoms with Crippen LogP contribution in [0.1, 0.15) is 5.56 Å². The van der Waals surface area contributed by atoms with E-state index in [1.165, 1.54) is 0 Å². The molecule has 16 heavy (non-hydrogen) atoms. The fraction of sp³-hybridized carbons (Fsp3) is 0.200. The van der Waals surface area contributed by atoms with Gasteiger partial charge in [0.15, 0.2) is 0 Å². The van der Waals surface area contributed by atoms with E-state index in [0.717, 1.165) is 5.56 Å².